The molecule has 2 unspecified atom stereocenters. The van der Waals surface area contributed by atoms with Crippen LogP contribution in [0.25, 0.3) is 0 Å². The van der Waals surface area contributed by atoms with Gasteiger partial charge in [-0.05, 0) is 19.5 Å². The van der Waals surface area contributed by atoms with E-state index in [0.29, 0.717) is 23.4 Å². The lowest BCUT2D eigenvalue weighted by atomic mass is 10.1. The Morgan fingerprint density at radius 1 is 1.59 bits per heavy atom. The average molecular weight is 388 g/mol. The van der Waals surface area contributed by atoms with E-state index in [1.807, 2.05) is 6.92 Å². The number of rotatable bonds is 5. The molecule has 0 fully saturated rings. The van der Waals surface area contributed by atoms with Crippen LogP contribution in [0.3, 0.4) is 0 Å². The molecule has 22 heavy (non-hydrogen) atoms. The van der Waals surface area contributed by atoms with E-state index in [9.17, 15) is 16.8 Å². The third-order valence-corrected chi connectivity index (χ3v) is 8.29. The van der Waals surface area contributed by atoms with Crippen LogP contribution in [-0.4, -0.2) is 46.2 Å². The predicted molar refractivity (Wildman–Crippen MR) is 86.2 cm³/mol. The van der Waals surface area contributed by atoms with E-state index in [1.165, 1.54) is 10.4 Å². The number of nitrogens with zero attached hydrogens (tertiary/aromatic N) is 1. The number of halogens is 1. The summed E-state index contributed by atoms with van der Waals surface area (Å²) in [5.74, 6) is 0. The molecule has 1 aliphatic rings. The van der Waals surface area contributed by atoms with Crippen molar-refractivity contribution in [2.45, 2.75) is 33.7 Å². The molecular weight excluding hydrogens is 370 g/mol. The van der Waals surface area contributed by atoms with Crippen LogP contribution in [-0.2, 0) is 20.0 Å². The number of primary sulfonamides is 1. The Morgan fingerprint density at radius 2 is 2.23 bits per heavy atom. The molecule has 2 heterocycles. The maximum atomic E-state index is 12.6. The van der Waals surface area contributed by atoms with Crippen molar-refractivity contribution in [3.8, 4) is 0 Å². The Labute approximate surface area is 139 Å². The number of hydrogen-bond acceptors (Lipinski definition) is 6. The van der Waals surface area contributed by atoms with Crippen molar-refractivity contribution in [2.24, 2.45) is 5.14 Å². The van der Waals surface area contributed by atoms with Gasteiger partial charge >= 0.3 is 0 Å². The number of fused-ring (bicyclic) bond motifs is 1. The van der Waals surface area contributed by atoms with Crippen molar-refractivity contribution >= 4 is 43.0 Å². The highest BCUT2D eigenvalue weighted by molar-refractivity contribution is 7.94. The third-order valence-electron chi connectivity index (χ3n) is 3.22. The molecule has 1 aliphatic heterocycles. The second-order valence-electron chi connectivity index (χ2n) is 5.07. The molecule has 0 saturated heterocycles. The minimum absolute atomic E-state index is 0.0195. The van der Waals surface area contributed by atoms with Crippen molar-refractivity contribution in [3.63, 3.8) is 0 Å². The summed E-state index contributed by atoms with van der Waals surface area (Å²) in [4.78, 5) is 0. The normalized spacial score (nSPS) is 23.2. The summed E-state index contributed by atoms with van der Waals surface area (Å²) in [6.07, 6.45) is 0. The zero-order chi connectivity index (χ0) is 16.7. The number of hydrogen-bond donors (Lipinski definition) is 2. The number of nitrogens with one attached hydrogen (secondary N) is 1. The highest BCUT2D eigenvalue weighted by Crippen LogP contribution is 2.39. The SMILES string of the molecule is CCNC1CN(CC(C)Cl)S(=O)(=O)c2sc(S(N)(=O)=O)cc21. The third kappa shape index (κ3) is 3.48. The van der Waals surface area contributed by atoms with Gasteiger partial charge in [-0.25, -0.2) is 22.0 Å². The minimum Gasteiger partial charge on any atom is -0.309 e. The molecule has 2 atom stereocenters. The molecule has 0 saturated carbocycles. The fourth-order valence-electron chi connectivity index (χ4n) is 2.34. The van der Waals surface area contributed by atoms with Gasteiger partial charge in [0.2, 0.25) is 10.0 Å². The average Bonchev–Trinajstić information content (AvgIpc) is 2.81. The first-order valence-corrected chi connectivity index (χ1v) is 10.9. The smallest absolute Gasteiger partial charge is 0.253 e. The Hall–Kier alpha value is -0.230. The number of alkyl halides is 1. The highest BCUT2D eigenvalue weighted by Gasteiger charge is 2.40. The molecule has 0 amide bonds. The van der Waals surface area contributed by atoms with E-state index in [4.69, 9.17) is 16.7 Å². The van der Waals surface area contributed by atoms with Crippen molar-refractivity contribution in [2.75, 3.05) is 19.6 Å². The first-order valence-electron chi connectivity index (χ1n) is 6.61. The van der Waals surface area contributed by atoms with Crippen LogP contribution in [0, 0.1) is 0 Å². The maximum absolute atomic E-state index is 12.6. The molecule has 11 heteroatoms. The number of nitrogens with two attached hydrogens (primary N) is 1. The molecule has 0 spiro atoms. The Bertz CT molecular complexity index is 758. The van der Waals surface area contributed by atoms with E-state index >= 15 is 0 Å². The molecule has 1 aromatic rings. The molecule has 0 radical (unpaired) electrons. The fourth-order valence-corrected chi connectivity index (χ4v) is 6.95. The summed E-state index contributed by atoms with van der Waals surface area (Å²) < 4.78 is 49.5. The summed E-state index contributed by atoms with van der Waals surface area (Å²) in [5, 5.41) is 7.94. The molecule has 1 aromatic heterocycles. The molecular formula is C11H18ClN3O4S3. The van der Waals surface area contributed by atoms with Gasteiger partial charge in [-0.2, -0.15) is 4.31 Å². The second-order valence-corrected chi connectivity index (χ2v) is 10.8. The molecule has 7 nitrogen and oxygen atoms in total. The van der Waals surface area contributed by atoms with Crippen LogP contribution in [0.1, 0.15) is 25.5 Å². The monoisotopic (exact) mass is 387 g/mol. The number of sulfonamides is 2. The van der Waals surface area contributed by atoms with Gasteiger partial charge in [0.1, 0.15) is 8.42 Å². The lowest BCUT2D eigenvalue weighted by Crippen LogP contribution is -2.45. The first-order chi connectivity index (χ1) is 10.1. The van der Waals surface area contributed by atoms with E-state index in [0.717, 1.165) is 0 Å². The Balaban J connectivity index is 2.57. The van der Waals surface area contributed by atoms with Gasteiger partial charge in [0.05, 0.1) is 0 Å². The molecule has 0 aromatic carbocycles. The summed E-state index contributed by atoms with van der Waals surface area (Å²) in [5.41, 5.74) is 0.453. The largest absolute Gasteiger partial charge is 0.309 e. The molecule has 0 aliphatic carbocycles. The van der Waals surface area contributed by atoms with Crippen LogP contribution >= 0.6 is 22.9 Å². The fraction of sp³-hybridized carbons (Fsp3) is 0.636. The Morgan fingerprint density at radius 3 is 2.73 bits per heavy atom. The Kier molecular flexibility index (Phi) is 5.22. The first kappa shape index (κ1) is 18.1. The van der Waals surface area contributed by atoms with Gasteiger partial charge in [-0.15, -0.1) is 22.9 Å². The highest BCUT2D eigenvalue weighted by atomic mass is 35.5. The lowest BCUT2D eigenvalue weighted by Gasteiger charge is -2.32. The zero-order valence-corrected chi connectivity index (χ0v) is 15.3. The van der Waals surface area contributed by atoms with Gasteiger partial charge in [0.15, 0.2) is 0 Å². The van der Waals surface area contributed by atoms with Crippen LogP contribution in [0.5, 0.6) is 0 Å². The molecule has 0 bridgehead atoms. The van der Waals surface area contributed by atoms with Gasteiger partial charge in [0, 0.05) is 30.1 Å². The lowest BCUT2D eigenvalue weighted by molar-refractivity contribution is 0.346. The van der Waals surface area contributed by atoms with Gasteiger partial charge in [0.25, 0.3) is 10.0 Å². The predicted octanol–water partition coefficient (Wildman–Crippen LogP) is 0.678. The molecule has 3 N–H and O–H groups in total. The van der Waals surface area contributed by atoms with Gasteiger partial charge < -0.3 is 5.32 Å². The van der Waals surface area contributed by atoms with Gasteiger partial charge in [-0.1, -0.05) is 6.92 Å². The van der Waals surface area contributed by atoms with Gasteiger partial charge in [-0.3, -0.25) is 0 Å². The maximum Gasteiger partial charge on any atom is 0.253 e. The topological polar surface area (TPSA) is 110 Å². The van der Waals surface area contributed by atoms with E-state index in [1.54, 1.807) is 6.92 Å². The summed E-state index contributed by atoms with van der Waals surface area (Å²) in [6, 6.07) is 1.06. The quantitative estimate of drug-likeness (QED) is 0.722. The number of thiophene rings is 1. The van der Waals surface area contributed by atoms with Crippen molar-refractivity contribution in [3.05, 3.63) is 11.6 Å². The van der Waals surface area contributed by atoms with Crippen molar-refractivity contribution in [1.29, 1.82) is 0 Å². The van der Waals surface area contributed by atoms with Crippen LogP contribution in [0.2, 0.25) is 0 Å². The number of likely N-dealkylation sites (N-methyl/N-ethyl adjacent to an activating group) is 1. The summed E-state index contributed by atoms with van der Waals surface area (Å²) in [6.45, 7) is 4.59. The van der Waals surface area contributed by atoms with E-state index in [2.05, 4.69) is 5.32 Å². The van der Waals surface area contributed by atoms with Crippen LogP contribution < -0.4 is 10.5 Å². The van der Waals surface area contributed by atoms with E-state index in [-0.39, 0.29) is 32.9 Å². The summed E-state index contributed by atoms with van der Waals surface area (Å²) >= 11 is 6.61. The van der Waals surface area contributed by atoms with Crippen molar-refractivity contribution in [1.82, 2.24) is 9.62 Å². The zero-order valence-electron chi connectivity index (χ0n) is 12.1. The van der Waals surface area contributed by atoms with Crippen LogP contribution in [0.15, 0.2) is 14.5 Å². The molecule has 2 rings (SSSR count). The van der Waals surface area contributed by atoms with E-state index < -0.39 is 20.0 Å². The minimum atomic E-state index is -3.94. The van der Waals surface area contributed by atoms with Crippen LogP contribution in [0.4, 0.5) is 0 Å². The standard InChI is InChI=1S/C11H18ClN3O4S3/c1-3-14-9-6-15(5-7(2)12)22(18,19)11-8(9)4-10(20-11)21(13,16)17/h4,7,9,14H,3,5-6H2,1-2H3,(H2,13,16,17). The van der Waals surface area contributed by atoms with Crippen molar-refractivity contribution < 1.29 is 16.8 Å². The summed E-state index contributed by atoms with van der Waals surface area (Å²) in [7, 11) is -7.71. The molecule has 126 valence electrons. The second kappa shape index (κ2) is 6.34.